The van der Waals surface area contributed by atoms with Gasteiger partial charge in [-0.2, -0.15) is 0 Å². The molecule has 3 rings (SSSR count). The summed E-state index contributed by atoms with van der Waals surface area (Å²) in [7, 11) is 0. The van der Waals surface area contributed by atoms with Gasteiger partial charge in [0.15, 0.2) is 0 Å². The largest absolute Gasteiger partial charge is 0.490 e. The van der Waals surface area contributed by atoms with Crippen LogP contribution in [0.25, 0.3) is 0 Å². The van der Waals surface area contributed by atoms with E-state index in [1.54, 1.807) is 0 Å². The summed E-state index contributed by atoms with van der Waals surface area (Å²) in [6, 6.07) is 12.3. The van der Waals surface area contributed by atoms with E-state index in [0.717, 1.165) is 37.5 Å². The molecule has 0 atom stereocenters. The maximum atomic E-state index is 6.04. The predicted octanol–water partition coefficient (Wildman–Crippen LogP) is 3.75. The molecule has 1 aromatic heterocycles. The van der Waals surface area contributed by atoms with E-state index in [0.29, 0.717) is 6.10 Å². The molecule has 0 aliphatic carbocycles. The lowest BCUT2D eigenvalue weighted by atomic mass is 10.1. The van der Waals surface area contributed by atoms with Crippen LogP contribution in [-0.2, 0) is 0 Å². The Morgan fingerprint density at radius 1 is 1.10 bits per heavy atom. The van der Waals surface area contributed by atoms with E-state index in [-0.39, 0.29) is 0 Å². The molecule has 21 heavy (non-hydrogen) atoms. The number of ether oxygens (including phenoxy) is 1. The van der Waals surface area contributed by atoms with E-state index in [1.807, 2.05) is 36.5 Å². The van der Waals surface area contributed by atoms with Crippen molar-refractivity contribution in [3.05, 3.63) is 53.7 Å². The number of aromatic nitrogens is 1. The Labute approximate surface area is 126 Å². The fourth-order valence-electron chi connectivity index (χ4n) is 2.92. The summed E-state index contributed by atoms with van der Waals surface area (Å²) in [5.41, 5.74) is 2.48. The minimum atomic E-state index is 0.314. The first-order valence-electron chi connectivity index (χ1n) is 7.62. The number of benzene rings is 1. The molecule has 0 spiro atoms. The molecule has 0 N–H and O–H groups in total. The number of rotatable bonds is 3. The van der Waals surface area contributed by atoms with Gasteiger partial charge in [-0.3, -0.25) is 0 Å². The van der Waals surface area contributed by atoms with Crippen molar-refractivity contribution < 1.29 is 4.74 Å². The summed E-state index contributed by atoms with van der Waals surface area (Å²) in [6.45, 7) is 6.24. The van der Waals surface area contributed by atoms with Gasteiger partial charge in [0.2, 0.25) is 0 Å². The van der Waals surface area contributed by atoms with E-state index in [4.69, 9.17) is 4.74 Å². The quantitative estimate of drug-likeness (QED) is 0.857. The highest BCUT2D eigenvalue weighted by Gasteiger charge is 2.22. The lowest BCUT2D eigenvalue weighted by molar-refractivity contribution is 0.170. The van der Waals surface area contributed by atoms with Crippen molar-refractivity contribution in [2.24, 2.45) is 0 Å². The van der Waals surface area contributed by atoms with Crippen LogP contribution in [0.1, 0.15) is 24.0 Å². The maximum absolute atomic E-state index is 6.04. The summed E-state index contributed by atoms with van der Waals surface area (Å²) in [4.78, 5) is 6.97. The molecular formula is C18H22N2O. The fourth-order valence-corrected chi connectivity index (χ4v) is 2.92. The summed E-state index contributed by atoms with van der Waals surface area (Å²) in [5, 5.41) is 0. The molecule has 0 bridgehead atoms. The normalized spacial score (nSPS) is 16.0. The number of hydrogen-bond donors (Lipinski definition) is 0. The SMILES string of the molecule is Cc1cnc(N2CCC(Oc3ccccc3)CC2)c(C)c1. The molecule has 3 heteroatoms. The molecule has 110 valence electrons. The third-order valence-electron chi connectivity index (χ3n) is 3.97. The Hall–Kier alpha value is -2.03. The monoisotopic (exact) mass is 282 g/mol. The van der Waals surface area contributed by atoms with Gasteiger partial charge in [0.1, 0.15) is 17.7 Å². The van der Waals surface area contributed by atoms with Gasteiger partial charge in [0.05, 0.1) is 0 Å². The Morgan fingerprint density at radius 2 is 1.81 bits per heavy atom. The Bertz CT molecular complexity index is 589. The fraction of sp³-hybridized carbons (Fsp3) is 0.389. The van der Waals surface area contributed by atoms with Crippen molar-refractivity contribution in [1.82, 2.24) is 4.98 Å². The van der Waals surface area contributed by atoms with E-state index < -0.39 is 0 Å². The van der Waals surface area contributed by atoms with Gasteiger partial charge in [-0.05, 0) is 37.1 Å². The van der Waals surface area contributed by atoms with Crippen molar-refractivity contribution >= 4 is 5.82 Å². The number of nitrogens with zero attached hydrogens (tertiary/aromatic N) is 2. The van der Waals surface area contributed by atoms with Gasteiger partial charge in [0.25, 0.3) is 0 Å². The summed E-state index contributed by atoms with van der Waals surface area (Å²) in [5.74, 6) is 2.10. The van der Waals surface area contributed by atoms with Crippen LogP contribution in [0, 0.1) is 13.8 Å². The van der Waals surface area contributed by atoms with Crippen LogP contribution in [0.5, 0.6) is 5.75 Å². The number of aryl methyl sites for hydroxylation is 2. The van der Waals surface area contributed by atoms with Crippen LogP contribution in [0.15, 0.2) is 42.6 Å². The summed E-state index contributed by atoms with van der Waals surface area (Å²) < 4.78 is 6.04. The second kappa shape index (κ2) is 6.17. The number of piperidine rings is 1. The Morgan fingerprint density at radius 3 is 2.48 bits per heavy atom. The minimum Gasteiger partial charge on any atom is -0.490 e. The van der Waals surface area contributed by atoms with Crippen molar-refractivity contribution in [2.75, 3.05) is 18.0 Å². The second-order valence-corrected chi connectivity index (χ2v) is 5.77. The zero-order valence-corrected chi connectivity index (χ0v) is 12.7. The van der Waals surface area contributed by atoms with Gasteiger partial charge < -0.3 is 9.64 Å². The van der Waals surface area contributed by atoms with Crippen LogP contribution < -0.4 is 9.64 Å². The number of para-hydroxylation sites is 1. The molecule has 0 saturated carbocycles. The maximum Gasteiger partial charge on any atom is 0.131 e. The van der Waals surface area contributed by atoms with E-state index in [9.17, 15) is 0 Å². The third-order valence-corrected chi connectivity index (χ3v) is 3.97. The van der Waals surface area contributed by atoms with E-state index >= 15 is 0 Å². The second-order valence-electron chi connectivity index (χ2n) is 5.77. The first kappa shape index (κ1) is 13.9. The van der Waals surface area contributed by atoms with E-state index in [2.05, 4.69) is 29.8 Å². The summed E-state index contributed by atoms with van der Waals surface area (Å²) in [6.07, 6.45) is 4.36. The van der Waals surface area contributed by atoms with Crippen LogP contribution in [0.2, 0.25) is 0 Å². The van der Waals surface area contributed by atoms with Crippen LogP contribution in [0.3, 0.4) is 0 Å². The number of pyridine rings is 1. The number of hydrogen-bond acceptors (Lipinski definition) is 3. The van der Waals surface area contributed by atoms with Crippen LogP contribution in [-0.4, -0.2) is 24.2 Å². The molecular weight excluding hydrogens is 260 g/mol. The molecule has 0 unspecified atom stereocenters. The topological polar surface area (TPSA) is 25.4 Å². The van der Waals surface area contributed by atoms with Gasteiger partial charge in [-0.25, -0.2) is 4.98 Å². The van der Waals surface area contributed by atoms with Crippen molar-refractivity contribution in [2.45, 2.75) is 32.8 Å². The third kappa shape index (κ3) is 3.35. The molecule has 1 aliphatic rings. The van der Waals surface area contributed by atoms with Crippen LogP contribution in [0.4, 0.5) is 5.82 Å². The molecule has 3 nitrogen and oxygen atoms in total. The van der Waals surface area contributed by atoms with Crippen molar-refractivity contribution in [3.8, 4) is 5.75 Å². The highest BCUT2D eigenvalue weighted by molar-refractivity contribution is 5.47. The average Bonchev–Trinajstić information content (AvgIpc) is 2.49. The molecule has 1 aromatic carbocycles. The zero-order chi connectivity index (χ0) is 14.7. The first-order chi connectivity index (χ1) is 10.2. The summed E-state index contributed by atoms with van der Waals surface area (Å²) >= 11 is 0. The Balaban J connectivity index is 1.60. The molecule has 0 radical (unpaired) electrons. The minimum absolute atomic E-state index is 0.314. The lowest BCUT2D eigenvalue weighted by Gasteiger charge is -2.33. The smallest absolute Gasteiger partial charge is 0.131 e. The van der Waals surface area contributed by atoms with Gasteiger partial charge in [0, 0.05) is 32.1 Å². The molecule has 2 heterocycles. The van der Waals surface area contributed by atoms with E-state index in [1.165, 1.54) is 11.1 Å². The average molecular weight is 282 g/mol. The first-order valence-corrected chi connectivity index (χ1v) is 7.62. The van der Waals surface area contributed by atoms with Gasteiger partial charge in [-0.15, -0.1) is 0 Å². The zero-order valence-electron chi connectivity index (χ0n) is 12.7. The van der Waals surface area contributed by atoms with Crippen molar-refractivity contribution in [3.63, 3.8) is 0 Å². The highest BCUT2D eigenvalue weighted by atomic mass is 16.5. The van der Waals surface area contributed by atoms with Crippen molar-refractivity contribution in [1.29, 1.82) is 0 Å². The molecule has 1 aliphatic heterocycles. The van der Waals surface area contributed by atoms with Gasteiger partial charge in [-0.1, -0.05) is 24.3 Å². The van der Waals surface area contributed by atoms with Crippen LogP contribution >= 0.6 is 0 Å². The standard InChI is InChI=1S/C18H22N2O/c1-14-12-15(2)18(19-13-14)20-10-8-17(9-11-20)21-16-6-4-3-5-7-16/h3-7,12-13,17H,8-11H2,1-2H3. The number of anilines is 1. The molecule has 1 saturated heterocycles. The predicted molar refractivity (Wildman–Crippen MR) is 86.0 cm³/mol. The molecule has 2 aromatic rings. The molecule has 0 amide bonds. The van der Waals surface area contributed by atoms with Gasteiger partial charge >= 0.3 is 0 Å². The Kier molecular flexibility index (Phi) is 4.09. The highest BCUT2D eigenvalue weighted by Crippen LogP contribution is 2.24. The molecule has 1 fully saturated rings. The lowest BCUT2D eigenvalue weighted by Crippen LogP contribution is -2.39.